The summed E-state index contributed by atoms with van der Waals surface area (Å²) in [6.45, 7) is 2.05. The maximum absolute atomic E-state index is 14.4. The average molecular weight is 903 g/mol. The molecule has 0 bridgehead atoms. The highest BCUT2D eigenvalue weighted by Crippen LogP contribution is 2.39. The van der Waals surface area contributed by atoms with E-state index in [2.05, 4.69) is 0 Å². The minimum atomic E-state index is -2.04. The van der Waals surface area contributed by atoms with Gasteiger partial charge in [0, 0.05) is 23.8 Å². The van der Waals surface area contributed by atoms with Crippen molar-refractivity contribution >= 4 is 23.0 Å². The lowest BCUT2D eigenvalue weighted by molar-refractivity contribution is -0.355. The summed E-state index contributed by atoms with van der Waals surface area (Å²) in [6.07, 6.45) is -23.2. The van der Waals surface area contributed by atoms with Crippen LogP contribution >= 0.6 is 0 Å². The van der Waals surface area contributed by atoms with Crippen LogP contribution in [0.15, 0.2) is 69.9 Å². The summed E-state index contributed by atoms with van der Waals surface area (Å²) in [5.41, 5.74) is -0.943. The third-order valence-electron chi connectivity index (χ3n) is 10.9. The Morgan fingerprint density at radius 3 is 1.98 bits per heavy atom. The standard InChI is InChI=1S/C42H46O22/c1-15-28(48)32(52)35(55)40(58-15)60-20-12-23(46)27-24(13-20)61-37(18-5-7-19(43)8-6-18)38(31(27)51)63-42-39(34(54)29(49)16(2)59-42)64-41-36(56)33(53)30(50)25(62-41)14-57-26(47)10-4-17-3-9-21(44)22(45)11-17/h3-13,15-16,25,28-30,32-36,39-46,48-50,52-56H,14H2,1-2H3. The number of rotatable bonds is 11. The Bertz CT molecular complexity index is 2390. The van der Waals surface area contributed by atoms with Crippen LogP contribution < -0.4 is 14.9 Å². The van der Waals surface area contributed by atoms with Crippen molar-refractivity contribution in [1.29, 1.82) is 0 Å². The first-order chi connectivity index (χ1) is 30.3. The van der Waals surface area contributed by atoms with E-state index in [9.17, 15) is 70.9 Å². The van der Waals surface area contributed by atoms with Crippen LogP contribution in [0, 0.1) is 0 Å². The lowest BCUT2D eigenvalue weighted by atomic mass is 9.97. The highest BCUT2D eigenvalue weighted by molar-refractivity contribution is 5.88. The van der Waals surface area contributed by atoms with Gasteiger partial charge >= 0.3 is 5.97 Å². The molecule has 3 saturated heterocycles. The van der Waals surface area contributed by atoms with Gasteiger partial charge in [0.05, 0.1) is 12.2 Å². The zero-order valence-electron chi connectivity index (χ0n) is 33.7. The van der Waals surface area contributed by atoms with Gasteiger partial charge in [-0.1, -0.05) is 6.07 Å². The van der Waals surface area contributed by atoms with Crippen molar-refractivity contribution in [2.24, 2.45) is 0 Å². The normalized spacial score (nSPS) is 33.2. The number of aliphatic hydroxyl groups excluding tert-OH is 8. The van der Waals surface area contributed by atoms with Gasteiger partial charge in [-0.25, -0.2) is 4.79 Å². The van der Waals surface area contributed by atoms with Crippen molar-refractivity contribution in [3.63, 3.8) is 0 Å². The lowest BCUT2D eigenvalue weighted by Gasteiger charge is -2.45. The Hall–Kier alpha value is -5.60. The average Bonchev–Trinajstić information content (AvgIpc) is 3.26. The summed E-state index contributed by atoms with van der Waals surface area (Å²) in [5, 5.41) is 125. The van der Waals surface area contributed by atoms with Crippen molar-refractivity contribution < 1.29 is 104 Å². The second kappa shape index (κ2) is 18.9. The second-order valence-electron chi connectivity index (χ2n) is 15.4. The molecule has 64 heavy (non-hydrogen) atoms. The third-order valence-corrected chi connectivity index (χ3v) is 10.9. The molecule has 0 aliphatic carbocycles. The minimum absolute atomic E-state index is 0.105. The number of hydrogen-bond donors (Lipinski definition) is 12. The number of aliphatic hydroxyl groups is 8. The Morgan fingerprint density at radius 2 is 1.30 bits per heavy atom. The summed E-state index contributed by atoms with van der Waals surface area (Å²) >= 11 is 0. The number of hydrogen-bond acceptors (Lipinski definition) is 22. The molecule has 3 aromatic carbocycles. The van der Waals surface area contributed by atoms with Crippen LogP contribution in [0.5, 0.6) is 34.5 Å². The maximum Gasteiger partial charge on any atom is 0.330 e. The van der Waals surface area contributed by atoms with Crippen LogP contribution in [0.25, 0.3) is 28.4 Å². The maximum atomic E-state index is 14.4. The fourth-order valence-corrected chi connectivity index (χ4v) is 7.18. The molecule has 22 heteroatoms. The molecule has 3 aliphatic rings. The van der Waals surface area contributed by atoms with Gasteiger partial charge in [-0.3, -0.25) is 4.79 Å². The van der Waals surface area contributed by atoms with Crippen LogP contribution in [0.3, 0.4) is 0 Å². The van der Waals surface area contributed by atoms with Gasteiger partial charge in [-0.2, -0.15) is 0 Å². The zero-order chi connectivity index (χ0) is 46.3. The molecule has 7 rings (SSSR count). The van der Waals surface area contributed by atoms with E-state index in [1.165, 1.54) is 62.4 Å². The molecule has 4 heterocycles. The van der Waals surface area contributed by atoms with E-state index < -0.39 is 133 Å². The molecule has 0 spiro atoms. The molecule has 22 nitrogen and oxygen atoms in total. The number of fused-ring (bicyclic) bond motifs is 1. The number of carbonyl (C=O) groups is 1. The monoisotopic (exact) mass is 902 g/mol. The van der Waals surface area contributed by atoms with Crippen LogP contribution in [-0.4, -0.2) is 166 Å². The molecule has 0 radical (unpaired) electrons. The van der Waals surface area contributed by atoms with Gasteiger partial charge < -0.3 is 98.9 Å². The first kappa shape index (κ1) is 46.4. The first-order valence-corrected chi connectivity index (χ1v) is 19.7. The number of benzene rings is 3. The minimum Gasteiger partial charge on any atom is -0.508 e. The smallest absolute Gasteiger partial charge is 0.330 e. The van der Waals surface area contributed by atoms with Crippen LogP contribution in [-0.2, 0) is 28.5 Å². The Morgan fingerprint density at radius 1 is 0.656 bits per heavy atom. The summed E-state index contributed by atoms with van der Waals surface area (Å²) < 4.78 is 45.9. The fourth-order valence-electron chi connectivity index (χ4n) is 7.18. The number of phenolic OH excluding ortho intramolecular Hbond substituents is 4. The largest absolute Gasteiger partial charge is 0.508 e. The van der Waals surface area contributed by atoms with Gasteiger partial charge in [0.15, 0.2) is 29.7 Å². The van der Waals surface area contributed by atoms with Crippen molar-refractivity contribution in [3.05, 3.63) is 76.5 Å². The molecule has 12 N–H and O–H groups in total. The Labute approximate surface area is 361 Å². The van der Waals surface area contributed by atoms with Crippen molar-refractivity contribution in [3.8, 4) is 45.8 Å². The zero-order valence-corrected chi connectivity index (χ0v) is 33.7. The van der Waals surface area contributed by atoms with Crippen molar-refractivity contribution in [1.82, 2.24) is 0 Å². The topological polar surface area (TPSA) is 355 Å². The SMILES string of the molecule is CC1OC(Oc2cc(O)c3c(=O)c(OC4OC(C)C(O)C(O)C4OC4OC(COC(=O)C=Cc5ccc(O)c(O)c5)C(O)C(O)C4O)c(-c4ccc(O)cc4)oc3c2)C(O)C(O)C1O. The molecule has 3 fully saturated rings. The Balaban J connectivity index is 1.17. The molecule has 3 aliphatic heterocycles. The van der Waals surface area contributed by atoms with Gasteiger partial charge in [-0.05, 0) is 61.9 Å². The van der Waals surface area contributed by atoms with Crippen molar-refractivity contribution in [2.45, 2.75) is 106 Å². The third kappa shape index (κ3) is 9.44. The molecule has 0 saturated carbocycles. The predicted molar refractivity (Wildman–Crippen MR) is 213 cm³/mol. The number of aromatic hydroxyl groups is 4. The number of ether oxygens (including phenoxy) is 7. The van der Waals surface area contributed by atoms with Gasteiger partial charge in [-0.15, -0.1) is 0 Å². The van der Waals surface area contributed by atoms with E-state index in [0.29, 0.717) is 5.56 Å². The molecule has 15 atom stereocenters. The van der Waals surface area contributed by atoms with E-state index in [0.717, 1.165) is 18.2 Å². The molecule has 1 aromatic heterocycles. The number of phenols is 4. The fraction of sp³-hybridized carbons (Fsp3) is 0.429. The summed E-state index contributed by atoms with van der Waals surface area (Å²) in [6, 6.07) is 11.1. The van der Waals surface area contributed by atoms with E-state index in [1.807, 2.05) is 0 Å². The second-order valence-corrected chi connectivity index (χ2v) is 15.4. The quantitative estimate of drug-likeness (QED) is 0.0477. The summed E-state index contributed by atoms with van der Waals surface area (Å²) in [7, 11) is 0. The molecule has 0 amide bonds. The highest BCUT2D eigenvalue weighted by atomic mass is 16.8. The Kier molecular flexibility index (Phi) is 13.7. The number of esters is 1. The molecular weight excluding hydrogens is 856 g/mol. The van der Waals surface area contributed by atoms with Gasteiger partial charge in [0.1, 0.15) is 89.8 Å². The van der Waals surface area contributed by atoms with E-state index in [1.54, 1.807) is 0 Å². The lowest BCUT2D eigenvalue weighted by Crippen LogP contribution is -2.64. The first-order valence-electron chi connectivity index (χ1n) is 19.7. The van der Waals surface area contributed by atoms with Crippen LogP contribution in [0.1, 0.15) is 19.4 Å². The van der Waals surface area contributed by atoms with E-state index in [4.69, 9.17) is 37.6 Å². The molecule has 346 valence electrons. The molecule has 15 unspecified atom stereocenters. The van der Waals surface area contributed by atoms with Gasteiger partial charge in [0.25, 0.3) is 0 Å². The summed E-state index contributed by atoms with van der Waals surface area (Å²) in [4.78, 5) is 26.9. The predicted octanol–water partition coefficient (Wildman–Crippen LogP) is -1.22. The number of carbonyl (C=O) groups excluding carboxylic acids is 1. The highest BCUT2D eigenvalue weighted by Gasteiger charge is 2.51. The van der Waals surface area contributed by atoms with Crippen molar-refractivity contribution in [2.75, 3.05) is 6.61 Å². The van der Waals surface area contributed by atoms with Gasteiger partial charge in [0.2, 0.25) is 23.8 Å². The van der Waals surface area contributed by atoms with E-state index in [-0.39, 0.29) is 34.2 Å². The van der Waals surface area contributed by atoms with Crippen LogP contribution in [0.4, 0.5) is 0 Å². The molecule has 4 aromatic rings. The molecular formula is C42H46O22. The van der Waals surface area contributed by atoms with E-state index >= 15 is 0 Å². The van der Waals surface area contributed by atoms with Crippen LogP contribution in [0.2, 0.25) is 0 Å². The summed E-state index contributed by atoms with van der Waals surface area (Å²) in [5.74, 6) is -3.95.